The molecule has 0 aromatic carbocycles. The maximum atomic E-state index is 12.1. The predicted molar refractivity (Wildman–Crippen MR) is 91.8 cm³/mol. The summed E-state index contributed by atoms with van der Waals surface area (Å²) in [6.45, 7) is 3.42. The third-order valence-corrected chi connectivity index (χ3v) is 4.79. The van der Waals surface area contributed by atoms with Gasteiger partial charge in [-0.05, 0) is 12.3 Å². The molecule has 2 fully saturated rings. The van der Waals surface area contributed by atoms with E-state index in [0.717, 1.165) is 12.8 Å². The Morgan fingerprint density at radius 3 is 2.41 bits per heavy atom. The van der Waals surface area contributed by atoms with Crippen LogP contribution < -0.4 is 0 Å². The van der Waals surface area contributed by atoms with Crippen LogP contribution in [0.3, 0.4) is 0 Å². The number of aliphatic carboxylic acids is 1. The second kappa shape index (κ2) is 10.3. The summed E-state index contributed by atoms with van der Waals surface area (Å²) in [5, 5.41) is 28.9. The molecule has 0 saturated carbocycles. The molecule has 2 aliphatic rings. The molecule has 2 rings (SSSR count). The largest absolute Gasteiger partial charge is 0.481 e. The molecule has 0 spiro atoms. The number of hydrogen-bond acceptors (Lipinski definition) is 8. The Morgan fingerprint density at radius 2 is 1.81 bits per heavy atom. The van der Waals surface area contributed by atoms with Crippen molar-refractivity contribution in [2.24, 2.45) is 11.8 Å². The zero-order valence-electron chi connectivity index (χ0n) is 15.8. The maximum Gasteiger partial charge on any atom is 0.311 e. The summed E-state index contributed by atoms with van der Waals surface area (Å²) in [6.07, 6.45) is -2.53. The fraction of sp³-hybridized carbons (Fsp3) is 0.889. The van der Waals surface area contributed by atoms with Crippen LogP contribution in [0.4, 0.5) is 0 Å². The molecule has 0 aromatic rings. The maximum absolute atomic E-state index is 12.1. The van der Waals surface area contributed by atoms with Crippen LogP contribution >= 0.6 is 0 Å². The van der Waals surface area contributed by atoms with Gasteiger partial charge in [-0.15, -0.1) is 0 Å². The number of aliphatic hydroxyl groups excluding tert-OH is 2. The summed E-state index contributed by atoms with van der Waals surface area (Å²) in [6, 6.07) is 0. The number of hydrogen-bond donors (Lipinski definition) is 3. The minimum Gasteiger partial charge on any atom is -0.481 e. The lowest BCUT2D eigenvalue weighted by Crippen LogP contribution is -2.60. The lowest BCUT2D eigenvalue weighted by atomic mass is 9.99. The van der Waals surface area contributed by atoms with Gasteiger partial charge in [-0.25, -0.2) is 0 Å². The summed E-state index contributed by atoms with van der Waals surface area (Å²) < 4.78 is 21.9. The van der Waals surface area contributed by atoms with Gasteiger partial charge in [0.05, 0.1) is 19.8 Å². The Labute approximate surface area is 158 Å². The minimum atomic E-state index is -1.23. The van der Waals surface area contributed by atoms with Crippen LogP contribution in [0.1, 0.15) is 39.5 Å². The van der Waals surface area contributed by atoms with Crippen LogP contribution in [-0.2, 0) is 28.5 Å². The first kappa shape index (κ1) is 22.0. The Kier molecular flexibility index (Phi) is 8.43. The zero-order chi connectivity index (χ0) is 20.0. The highest BCUT2D eigenvalue weighted by Gasteiger charge is 2.50. The Hall–Kier alpha value is -1.26. The number of fused-ring (bicyclic) bond motifs is 1. The Bertz CT molecular complexity index is 495. The van der Waals surface area contributed by atoms with Crippen molar-refractivity contribution >= 4 is 11.9 Å². The van der Waals surface area contributed by atoms with E-state index in [2.05, 4.69) is 13.8 Å². The number of unbranched alkanes of at least 4 members (excludes halogenated alkanes) is 1. The van der Waals surface area contributed by atoms with Gasteiger partial charge < -0.3 is 34.3 Å². The van der Waals surface area contributed by atoms with Gasteiger partial charge >= 0.3 is 11.9 Å². The summed E-state index contributed by atoms with van der Waals surface area (Å²) >= 11 is 0. The Morgan fingerprint density at radius 1 is 1.15 bits per heavy atom. The highest BCUT2D eigenvalue weighted by molar-refractivity contribution is 5.70. The SMILES string of the molecule is CC(C)CCCCC(=O)O[C@@H]1O[C@@H](CO)[C@@H](O)[C@@H]2OC[C@@H](C(=O)O)CO[C@@H]12. The van der Waals surface area contributed by atoms with Crippen molar-refractivity contribution < 1.29 is 43.9 Å². The van der Waals surface area contributed by atoms with E-state index >= 15 is 0 Å². The molecule has 9 nitrogen and oxygen atoms in total. The van der Waals surface area contributed by atoms with Crippen molar-refractivity contribution in [1.29, 1.82) is 0 Å². The lowest BCUT2D eigenvalue weighted by molar-refractivity contribution is -0.301. The van der Waals surface area contributed by atoms with Crippen LogP contribution in [0.25, 0.3) is 0 Å². The third kappa shape index (κ3) is 6.11. The lowest BCUT2D eigenvalue weighted by Gasteiger charge is -2.42. The van der Waals surface area contributed by atoms with Gasteiger partial charge in [0, 0.05) is 6.42 Å². The van der Waals surface area contributed by atoms with E-state index in [4.69, 9.17) is 24.1 Å². The monoisotopic (exact) mass is 390 g/mol. The van der Waals surface area contributed by atoms with Crippen LogP contribution in [0.2, 0.25) is 0 Å². The van der Waals surface area contributed by atoms with Crippen molar-refractivity contribution in [3.63, 3.8) is 0 Å². The highest BCUT2D eigenvalue weighted by atomic mass is 16.7. The smallest absolute Gasteiger partial charge is 0.311 e. The molecule has 2 aliphatic heterocycles. The summed E-state index contributed by atoms with van der Waals surface area (Å²) in [7, 11) is 0. The topological polar surface area (TPSA) is 132 Å². The molecule has 9 heteroatoms. The second-order valence-corrected chi connectivity index (χ2v) is 7.48. The van der Waals surface area contributed by atoms with Crippen LogP contribution in [0, 0.1) is 11.8 Å². The van der Waals surface area contributed by atoms with E-state index in [9.17, 15) is 19.8 Å². The first-order valence-electron chi connectivity index (χ1n) is 9.43. The first-order chi connectivity index (χ1) is 12.8. The molecular formula is C18H30O9. The fourth-order valence-electron chi connectivity index (χ4n) is 3.16. The van der Waals surface area contributed by atoms with Crippen molar-refractivity contribution in [2.75, 3.05) is 19.8 Å². The standard InChI is InChI=1S/C18H30O9/c1-10(2)5-3-4-6-13(20)27-18-16-15(14(21)12(7-19)26-18)24-8-11(9-25-16)17(22)23/h10-12,14-16,18-19,21H,3-9H2,1-2H3,(H,22,23)/t11-,12+,14-,15+,16-,18+/m1/s1. The van der Waals surface area contributed by atoms with E-state index in [0.29, 0.717) is 12.3 Å². The quantitative estimate of drug-likeness (QED) is 0.396. The van der Waals surface area contributed by atoms with Gasteiger partial charge in [0.15, 0.2) is 0 Å². The van der Waals surface area contributed by atoms with Gasteiger partial charge in [-0.2, -0.15) is 0 Å². The molecule has 0 unspecified atom stereocenters. The van der Waals surface area contributed by atoms with Crippen molar-refractivity contribution in [3.05, 3.63) is 0 Å². The van der Waals surface area contributed by atoms with Crippen molar-refractivity contribution in [3.8, 4) is 0 Å². The van der Waals surface area contributed by atoms with Crippen LogP contribution in [0.15, 0.2) is 0 Å². The van der Waals surface area contributed by atoms with Gasteiger partial charge in [0.1, 0.15) is 30.3 Å². The number of rotatable bonds is 8. The van der Waals surface area contributed by atoms with Crippen molar-refractivity contribution in [1.82, 2.24) is 0 Å². The third-order valence-electron chi connectivity index (χ3n) is 4.79. The molecule has 27 heavy (non-hydrogen) atoms. The molecule has 0 aliphatic carbocycles. The van der Waals surface area contributed by atoms with E-state index in [1.165, 1.54) is 0 Å². The number of carboxylic acids is 1. The van der Waals surface area contributed by atoms with Gasteiger partial charge in [0.25, 0.3) is 0 Å². The molecule has 2 heterocycles. The molecule has 2 saturated heterocycles. The first-order valence-corrected chi connectivity index (χ1v) is 9.43. The number of esters is 1. The molecule has 0 radical (unpaired) electrons. The number of ether oxygens (including phenoxy) is 4. The highest BCUT2D eigenvalue weighted by Crippen LogP contribution is 2.30. The molecule has 0 bridgehead atoms. The minimum absolute atomic E-state index is 0.151. The summed E-state index contributed by atoms with van der Waals surface area (Å²) in [5.74, 6) is -1.89. The van der Waals surface area contributed by atoms with E-state index in [-0.39, 0.29) is 19.6 Å². The second-order valence-electron chi connectivity index (χ2n) is 7.48. The molecule has 0 amide bonds. The average molecular weight is 390 g/mol. The number of carbonyl (C=O) groups excluding carboxylic acids is 1. The number of carbonyl (C=O) groups is 2. The normalized spacial score (nSPS) is 34.0. The zero-order valence-corrected chi connectivity index (χ0v) is 15.8. The van der Waals surface area contributed by atoms with E-state index in [1.54, 1.807) is 0 Å². The number of aliphatic hydroxyl groups is 2. The predicted octanol–water partition coefficient (Wildman–Crippen LogP) is 0.309. The van der Waals surface area contributed by atoms with Crippen molar-refractivity contribution in [2.45, 2.75) is 70.2 Å². The van der Waals surface area contributed by atoms with Gasteiger partial charge in [-0.3, -0.25) is 9.59 Å². The molecule has 3 N–H and O–H groups in total. The van der Waals surface area contributed by atoms with Crippen LogP contribution in [0.5, 0.6) is 0 Å². The molecule has 0 aromatic heterocycles. The van der Waals surface area contributed by atoms with E-state index in [1.807, 2.05) is 0 Å². The van der Waals surface area contributed by atoms with E-state index < -0.39 is 55.2 Å². The Balaban J connectivity index is 1.98. The molecular weight excluding hydrogens is 360 g/mol. The molecule has 156 valence electrons. The average Bonchev–Trinajstić information content (AvgIpc) is 2.84. The van der Waals surface area contributed by atoms with Gasteiger partial charge in [-0.1, -0.05) is 26.7 Å². The molecule has 6 atom stereocenters. The number of carboxylic acid groups (broad SMARTS) is 1. The summed E-state index contributed by atoms with van der Waals surface area (Å²) in [5.41, 5.74) is 0. The summed E-state index contributed by atoms with van der Waals surface area (Å²) in [4.78, 5) is 23.3. The van der Waals surface area contributed by atoms with Crippen LogP contribution in [-0.4, -0.2) is 77.8 Å². The van der Waals surface area contributed by atoms with Gasteiger partial charge in [0.2, 0.25) is 6.29 Å². The fourth-order valence-corrected chi connectivity index (χ4v) is 3.16.